The van der Waals surface area contributed by atoms with E-state index in [1.165, 1.54) is 19.3 Å². The Kier molecular flexibility index (Phi) is 3.42. The summed E-state index contributed by atoms with van der Waals surface area (Å²) in [5.41, 5.74) is 7.15. The number of aromatic nitrogens is 2. The van der Waals surface area contributed by atoms with Crippen LogP contribution in [0.25, 0.3) is 11.5 Å². The highest BCUT2D eigenvalue weighted by Crippen LogP contribution is 2.33. The molecule has 0 bridgehead atoms. The smallest absolute Gasteiger partial charge is 0.247 e. The maximum absolute atomic E-state index is 5.99. The largest absolute Gasteiger partial charge is 0.420 e. The van der Waals surface area contributed by atoms with E-state index in [1.807, 2.05) is 0 Å². The highest BCUT2D eigenvalue weighted by Gasteiger charge is 2.21. The molecule has 0 aliphatic heterocycles. The molecule has 1 aromatic heterocycles. The van der Waals surface area contributed by atoms with Crippen molar-refractivity contribution in [2.24, 2.45) is 0 Å². The topological polar surface area (TPSA) is 64.9 Å². The zero-order valence-electron chi connectivity index (χ0n) is 10.6. The average molecular weight is 278 g/mol. The van der Waals surface area contributed by atoms with Crippen LogP contribution in [0.15, 0.2) is 22.6 Å². The van der Waals surface area contributed by atoms with Gasteiger partial charge in [0.15, 0.2) is 0 Å². The maximum atomic E-state index is 5.99. The highest BCUT2D eigenvalue weighted by molar-refractivity contribution is 6.31. The van der Waals surface area contributed by atoms with Gasteiger partial charge in [-0.2, -0.15) is 0 Å². The van der Waals surface area contributed by atoms with Crippen molar-refractivity contribution in [2.45, 2.75) is 38.0 Å². The van der Waals surface area contributed by atoms with Gasteiger partial charge < -0.3 is 10.2 Å². The fourth-order valence-corrected chi connectivity index (χ4v) is 2.85. The fraction of sp³-hybridized carbons (Fsp3) is 0.429. The molecule has 0 atom stereocenters. The molecule has 1 heterocycles. The molecule has 0 saturated heterocycles. The molecule has 2 N–H and O–H groups in total. The number of nitrogen functional groups attached to an aromatic ring is 1. The molecule has 0 spiro atoms. The van der Waals surface area contributed by atoms with Gasteiger partial charge in [-0.1, -0.05) is 30.9 Å². The predicted octanol–water partition coefficient (Wildman–Crippen LogP) is 4.02. The van der Waals surface area contributed by atoms with E-state index in [9.17, 15) is 0 Å². The Balaban J connectivity index is 1.87. The molecule has 4 nitrogen and oxygen atoms in total. The van der Waals surface area contributed by atoms with E-state index in [1.54, 1.807) is 18.2 Å². The Labute approximate surface area is 117 Å². The van der Waals surface area contributed by atoms with Crippen molar-refractivity contribution in [3.05, 3.63) is 29.1 Å². The molecule has 1 aliphatic carbocycles. The molecule has 0 amide bonds. The normalized spacial score (nSPS) is 16.7. The van der Waals surface area contributed by atoms with E-state index in [0.717, 1.165) is 24.3 Å². The molecule has 1 fully saturated rings. The van der Waals surface area contributed by atoms with E-state index in [0.29, 0.717) is 22.5 Å². The van der Waals surface area contributed by atoms with Gasteiger partial charge in [-0.15, -0.1) is 10.2 Å². The third-order valence-electron chi connectivity index (χ3n) is 3.56. The van der Waals surface area contributed by atoms with Crippen LogP contribution in [0.3, 0.4) is 0 Å². The Morgan fingerprint density at radius 1 is 1.11 bits per heavy atom. The number of hydrogen-bond acceptors (Lipinski definition) is 4. The first-order valence-electron chi connectivity index (χ1n) is 6.62. The average Bonchev–Trinajstić information content (AvgIpc) is 2.88. The van der Waals surface area contributed by atoms with Gasteiger partial charge in [0.2, 0.25) is 11.8 Å². The van der Waals surface area contributed by atoms with Crippen LogP contribution >= 0.6 is 11.6 Å². The van der Waals surface area contributed by atoms with Crippen molar-refractivity contribution in [1.29, 1.82) is 0 Å². The minimum Gasteiger partial charge on any atom is -0.420 e. The number of halogens is 1. The SMILES string of the molecule is Nc1cc(Cl)cc(-c2nnc(C3CCCCC3)o2)c1. The third-order valence-corrected chi connectivity index (χ3v) is 3.78. The molecular formula is C14H16ClN3O. The first kappa shape index (κ1) is 12.5. The lowest BCUT2D eigenvalue weighted by Crippen LogP contribution is -2.04. The lowest BCUT2D eigenvalue weighted by Gasteiger charge is -2.17. The summed E-state index contributed by atoms with van der Waals surface area (Å²) < 4.78 is 5.78. The molecule has 0 unspecified atom stereocenters. The van der Waals surface area contributed by atoms with E-state index in [-0.39, 0.29) is 0 Å². The maximum Gasteiger partial charge on any atom is 0.247 e. The molecule has 5 heteroatoms. The van der Waals surface area contributed by atoms with Crippen LogP contribution in [-0.2, 0) is 0 Å². The first-order chi connectivity index (χ1) is 9.22. The van der Waals surface area contributed by atoms with Gasteiger partial charge in [0.05, 0.1) is 0 Å². The lowest BCUT2D eigenvalue weighted by atomic mass is 9.89. The molecule has 0 radical (unpaired) electrons. The van der Waals surface area contributed by atoms with Crippen molar-refractivity contribution < 1.29 is 4.42 Å². The van der Waals surface area contributed by atoms with E-state index in [2.05, 4.69) is 10.2 Å². The number of nitrogens with zero attached hydrogens (tertiary/aromatic N) is 2. The Morgan fingerprint density at radius 2 is 1.89 bits per heavy atom. The fourth-order valence-electron chi connectivity index (χ4n) is 2.60. The van der Waals surface area contributed by atoms with Gasteiger partial charge in [0.1, 0.15) is 0 Å². The van der Waals surface area contributed by atoms with Crippen molar-refractivity contribution in [3.8, 4) is 11.5 Å². The summed E-state index contributed by atoms with van der Waals surface area (Å²) in [4.78, 5) is 0. The van der Waals surface area contributed by atoms with E-state index >= 15 is 0 Å². The number of benzene rings is 1. The summed E-state index contributed by atoms with van der Waals surface area (Å²) in [5, 5.41) is 8.86. The molecule has 1 aromatic carbocycles. The van der Waals surface area contributed by atoms with Crippen molar-refractivity contribution in [2.75, 3.05) is 5.73 Å². The summed E-state index contributed by atoms with van der Waals surface area (Å²) in [6.07, 6.45) is 6.07. The van der Waals surface area contributed by atoms with Gasteiger partial charge in [-0.25, -0.2) is 0 Å². The van der Waals surface area contributed by atoms with Gasteiger partial charge in [-0.3, -0.25) is 0 Å². The molecule has 100 valence electrons. The molecule has 19 heavy (non-hydrogen) atoms. The van der Waals surface area contributed by atoms with Crippen LogP contribution in [0, 0.1) is 0 Å². The van der Waals surface area contributed by atoms with Crippen LogP contribution in [0.5, 0.6) is 0 Å². The summed E-state index contributed by atoms with van der Waals surface area (Å²) in [6.45, 7) is 0. The number of rotatable bonds is 2. The summed E-state index contributed by atoms with van der Waals surface area (Å²) in [5.74, 6) is 1.65. The highest BCUT2D eigenvalue weighted by atomic mass is 35.5. The Bertz CT molecular complexity index is 556. The second kappa shape index (κ2) is 5.21. The lowest BCUT2D eigenvalue weighted by molar-refractivity contribution is 0.367. The zero-order valence-corrected chi connectivity index (χ0v) is 11.4. The van der Waals surface area contributed by atoms with Crippen molar-refractivity contribution >= 4 is 17.3 Å². The number of nitrogens with two attached hydrogens (primary N) is 1. The monoisotopic (exact) mass is 277 g/mol. The summed E-state index contributed by atoms with van der Waals surface area (Å²) in [6, 6.07) is 5.28. The van der Waals surface area contributed by atoms with Gasteiger partial charge in [0.25, 0.3) is 0 Å². The second-order valence-electron chi connectivity index (χ2n) is 5.05. The quantitative estimate of drug-likeness (QED) is 0.842. The standard InChI is InChI=1S/C14H16ClN3O/c15-11-6-10(7-12(16)8-11)14-18-17-13(19-14)9-4-2-1-3-5-9/h6-9H,1-5,16H2. The third kappa shape index (κ3) is 2.73. The Hall–Kier alpha value is -1.55. The molecule has 1 aliphatic rings. The van der Waals surface area contributed by atoms with Crippen molar-refractivity contribution in [1.82, 2.24) is 10.2 Å². The molecule has 1 saturated carbocycles. The minimum atomic E-state index is 0.409. The van der Waals surface area contributed by atoms with Crippen LogP contribution in [0.2, 0.25) is 5.02 Å². The Morgan fingerprint density at radius 3 is 2.63 bits per heavy atom. The number of hydrogen-bond donors (Lipinski definition) is 1. The molecule has 3 rings (SSSR count). The van der Waals surface area contributed by atoms with E-state index in [4.69, 9.17) is 21.8 Å². The van der Waals surface area contributed by atoms with Crippen molar-refractivity contribution in [3.63, 3.8) is 0 Å². The summed E-state index contributed by atoms with van der Waals surface area (Å²) >= 11 is 5.99. The molecular weight excluding hydrogens is 262 g/mol. The van der Waals surface area contributed by atoms with Crippen LogP contribution < -0.4 is 5.73 Å². The number of anilines is 1. The van der Waals surface area contributed by atoms with Crippen LogP contribution in [0.1, 0.15) is 43.9 Å². The minimum absolute atomic E-state index is 0.409. The van der Waals surface area contributed by atoms with Crippen LogP contribution in [-0.4, -0.2) is 10.2 Å². The molecule has 2 aromatic rings. The predicted molar refractivity (Wildman–Crippen MR) is 75.0 cm³/mol. The van der Waals surface area contributed by atoms with Gasteiger partial charge in [-0.05, 0) is 31.0 Å². The van der Waals surface area contributed by atoms with Gasteiger partial charge in [0, 0.05) is 22.2 Å². The van der Waals surface area contributed by atoms with E-state index < -0.39 is 0 Å². The summed E-state index contributed by atoms with van der Waals surface area (Å²) in [7, 11) is 0. The first-order valence-corrected chi connectivity index (χ1v) is 7.00. The van der Waals surface area contributed by atoms with Gasteiger partial charge >= 0.3 is 0 Å². The second-order valence-corrected chi connectivity index (χ2v) is 5.49. The van der Waals surface area contributed by atoms with Crippen LogP contribution in [0.4, 0.5) is 5.69 Å². The zero-order chi connectivity index (χ0) is 13.2.